The van der Waals surface area contributed by atoms with Gasteiger partial charge in [-0.3, -0.25) is 14.4 Å². The van der Waals surface area contributed by atoms with E-state index in [2.05, 4.69) is 24.3 Å². The Morgan fingerprint density at radius 3 is 2.50 bits per heavy atom. The fraction of sp³-hybridized carbons (Fsp3) is 0.419. The van der Waals surface area contributed by atoms with Gasteiger partial charge in [-0.05, 0) is 54.4 Å². The van der Waals surface area contributed by atoms with Crippen molar-refractivity contribution in [3.8, 4) is 17.0 Å². The van der Waals surface area contributed by atoms with Gasteiger partial charge in [0, 0.05) is 37.7 Å². The number of benzene rings is 2. The summed E-state index contributed by atoms with van der Waals surface area (Å²) in [5.74, 6) is -0.700. The number of methoxy groups -OCH3 is 1. The summed E-state index contributed by atoms with van der Waals surface area (Å²) in [4.78, 5) is 39.9. The van der Waals surface area contributed by atoms with Gasteiger partial charge in [-0.1, -0.05) is 38.1 Å². The summed E-state index contributed by atoms with van der Waals surface area (Å²) in [7, 11) is 1.41. The monoisotopic (exact) mass is 576 g/mol. The minimum Gasteiger partial charge on any atom is -0.496 e. The van der Waals surface area contributed by atoms with Gasteiger partial charge in [0.2, 0.25) is 5.91 Å². The first-order valence-electron chi connectivity index (χ1n) is 14.1. The number of halogens is 1. The smallest absolute Gasteiger partial charge is 0.255 e. The highest BCUT2D eigenvalue weighted by Gasteiger charge is 2.43. The lowest BCUT2D eigenvalue weighted by Crippen LogP contribution is -2.44. The molecule has 3 amide bonds. The van der Waals surface area contributed by atoms with Crippen LogP contribution in [0.5, 0.6) is 5.75 Å². The predicted octanol–water partition coefficient (Wildman–Crippen LogP) is 3.59. The molecule has 1 atom stereocenters. The second-order valence-corrected chi connectivity index (χ2v) is 12.1. The molecule has 1 aliphatic carbocycles. The minimum atomic E-state index is -0.676. The van der Waals surface area contributed by atoms with Gasteiger partial charge in [-0.2, -0.15) is 5.10 Å². The predicted molar refractivity (Wildman–Crippen MR) is 156 cm³/mol. The molecule has 1 aromatic heterocycles. The van der Waals surface area contributed by atoms with Crippen molar-refractivity contribution < 1.29 is 23.5 Å². The maximum atomic E-state index is 13.7. The summed E-state index contributed by atoms with van der Waals surface area (Å²) in [5.41, 5.74) is 14.4. The largest absolute Gasteiger partial charge is 0.496 e. The summed E-state index contributed by atoms with van der Waals surface area (Å²) in [6, 6.07) is 10.9. The molecule has 222 valence electrons. The van der Waals surface area contributed by atoms with Crippen LogP contribution in [0.2, 0.25) is 0 Å². The van der Waals surface area contributed by atoms with E-state index in [1.54, 1.807) is 28.9 Å². The summed E-state index contributed by atoms with van der Waals surface area (Å²) in [6.07, 6.45) is 2.69. The third kappa shape index (κ3) is 5.95. The molecular formula is C31H37FN6O4. The zero-order valence-electron chi connectivity index (χ0n) is 24.2. The quantitative estimate of drug-likeness (QED) is 0.355. The maximum absolute atomic E-state index is 13.7. The number of nitrogens with one attached hydrogen (secondary N) is 1. The number of nitrogens with zero attached hydrogens (tertiary/aromatic N) is 3. The van der Waals surface area contributed by atoms with Crippen LogP contribution in [-0.4, -0.2) is 52.6 Å². The second kappa shape index (κ2) is 11.5. The van der Waals surface area contributed by atoms with E-state index in [1.165, 1.54) is 19.2 Å². The number of nitrogens with two attached hydrogens (primary N) is 2. The molecular weight excluding hydrogens is 539 g/mol. The number of nitrogen functional groups attached to an aromatic ring is 1. The lowest BCUT2D eigenvalue weighted by Gasteiger charge is -2.43. The average molecular weight is 577 g/mol. The van der Waals surface area contributed by atoms with Crippen molar-refractivity contribution in [2.75, 3.05) is 25.9 Å². The Kier molecular flexibility index (Phi) is 7.94. The Hall–Kier alpha value is -4.41. The number of rotatable bonds is 9. The van der Waals surface area contributed by atoms with Crippen molar-refractivity contribution in [3.63, 3.8) is 0 Å². The van der Waals surface area contributed by atoms with Gasteiger partial charge in [0.25, 0.3) is 11.8 Å². The number of primary amides is 1. The molecule has 1 saturated heterocycles. The highest BCUT2D eigenvalue weighted by molar-refractivity contribution is 6.03. The summed E-state index contributed by atoms with van der Waals surface area (Å²) in [5, 5.41) is 7.42. The number of hydrogen-bond acceptors (Lipinski definition) is 6. The van der Waals surface area contributed by atoms with E-state index >= 15 is 0 Å². The topological polar surface area (TPSA) is 146 Å². The fourth-order valence-electron chi connectivity index (χ4n) is 6.11. The molecule has 3 aromatic rings. The Balaban J connectivity index is 1.25. The molecule has 0 bridgehead atoms. The summed E-state index contributed by atoms with van der Waals surface area (Å²) >= 11 is 0. The third-order valence-corrected chi connectivity index (χ3v) is 8.30. The first kappa shape index (κ1) is 29.1. The van der Waals surface area contributed by atoms with Crippen molar-refractivity contribution in [1.82, 2.24) is 20.0 Å². The van der Waals surface area contributed by atoms with Gasteiger partial charge in [0.1, 0.15) is 28.6 Å². The average Bonchev–Trinajstić information content (AvgIpc) is 3.54. The highest BCUT2D eigenvalue weighted by Crippen LogP contribution is 2.46. The van der Waals surface area contributed by atoms with Gasteiger partial charge < -0.3 is 26.4 Å². The van der Waals surface area contributed by atoms with E-state index < -0.39 is 17.6 Å². The fourth-order valence-corrected chi connectivity index (χ4v) is 6.11. The first-order valence-corrected chi connectivity index (χ1v) is 14.1. The lowest BCUT2D eigenvalue weighted by atomic mass is 9.64. The van der Waals surface area contributed by atoms with E-state index in [0.717, 1.165) is 30.9 Å². The number of amides is 3. The molecule has 1 aliphatic heterocycles. The van der Waals surface area contributed by atoms with Gasteiger partial charge >= 0.3 is 0 Å². The van der Waals surface area contributed by atoms with Crippen LogP contribution in [0.4, 0.5) is 10.2 Å². The maximum Gasteiger partial charge on any atom is 0.255 e. The van der Waals surface area contributed by atoms with Crippen LogP contribution in [0, 0.1) is 23.1 Å². The van der Waals surface area contributed by atoms with Gasteiger partial charge in [0.15, 0.2) is 0 Å². The van der Waals surface area contributed by atoms with Gasteiger partial charge in [-0.25, -0.2) is 9.07 Å². The van der Waals surface area contributed by atoms with Crippen LogP contribution >= 0.6 is 0 Å². The zero-order valence-corrected chi connectivity index (χ0v) is 24.2. The number of ether oxygens (including phenoxy) is 1. The van der Waals surface area contributed by atoms with E-state index in [0.29, 0.717) is 30.9 Å². The van der Waals surface area contributed by atoms with Crippen molar-refractivity contribution >= 4 is 23.5 Å². The third-order valence-electron chi connectivity index (χ3n) is 8.30. The molecule has 2 aliphatic rings. The number of hydrogen-bond donors (Lipinski definition) is 3. The molecule has 10 nitrogen and oxygen atoms in total. The lowest BCUT2D eigenvalue weighted by molar-refractivity contribution is -0.141. The Morgan fingerprint density at radius 1 is 1.14 bits per heavy atom. The number of carbonyl (C=O) groups excluding carboxylic acids is 3. The van der Waals surface area contributed by atoms with Gasteiger partial charge in [-0.15, -0.1) is 0 Å². The van der Waals surface area contributed by atoms with Crippen LogP contribution in [0.3, 0.4) is 0 Å². The van der Waals surface area contributed by atoms with Crippen LogP contribution < -0.4 is 21.5 Å². The van der Waals surface area contributed by atoms with Crippen LogP contribution in [0.25, 0.3) is 11.3 Å². The van der Waals surface area contributed by atoms with Crippen molar-refractivity contribution in [1.29, 1.82) is 0 Å². The summed E-state index contributed by atoms with van der Waals surface area (Å²) in [6.45, 7) is 6.39. The van der Waals surface area contributed by atoms with Crippen molar-refractivity contribution in [2.45, 2.75) is 46.2 Å². The normalized spacial score (nSPS) is 18.0. The van der Waals surface area contributed by atoms with E-state index in [9.17, 15) is 18.8 Å². The number of carbonyl (C=O) groups is 3. The molecule has 42 heavy (non-hydrogen) atoms. The number of aromatic nitrogens is 2. The highest BCUT2D eigenvalue weighted by atomic mass is 19.1. The Labute approximate surface area is 244 Å². The molecule has 0 unspecified atom stereocenters. The molecule has 2 heterocycles. The molecule has 1 saturated carbocycles. The zero-order chi connectivity index (χ0) is 30.2. The molecule has 11 heteroatoms. The van der Waals surface area contributed by atoms with Gasteiger partial charge in [0.05, 0.1) is 12.7 Å². The first-order chi connectivity index (χ1) is 20.0. The van der Waals surface area contributed by atoms with E-state index in [1.807, 2.05) is 4.90 Å². The van der Waals surface area contributed by atoms with Crippen molar-refractivity contribution in [3.05, 3.63) is 65.0 Å². The van der Waals surface area contributed by atoms with Crippen LogP contribution in [0.15, 0.2) is 42.5 Å². The molecule has 5 N–H and O–H groups in total. The van der Waals surface area contributed by atoms with E-state index in [4.69, 9.17) is 16.2 Å². The van der Waals surface area contributed by atoms with Crippen molar-refractivity contribution in [2.24, 2.45) is 23.0 Å². The number of likely N-dealkylation sites (tertiary alicyclic amines) is 1. The van der Waals surface area contributed by atoms with Crippen LogP contribution in [-0.2, 0) is 17.9 Å². The number of anilines is 1. The molecule has 2 fully saturated rings. The standard InChI is InChI=1S/C31H37FN6O4/c1-31(2)13-21(14-31)30(41)37-11-10-19(16-37)17-38-27(33)25(28(34)39)26(36-38)20-6-4-18(5-7-20)15-35-29(40)23-12-22(32)8-9-24(23)42-3/h4-9,12,19,21H,10-11,13-17,33H2,1-3H3,(H2,34,39)(H,35,40)/t19-/m1/s1. The molecule has 2 aromatic carbocycles. The summed E-state index contributed by atoms with van der Waals surface area (Å²) < 4.78 is 20.4. The second-order valence-electron chi connectivity index (χ2n) is 12.1. The molecule has 0 radical (unpaired) electrons. The van der Waals surface area contributed by atoms with Crippen LogP contribution in [0.1, 0.15) is 59.4 Å². The van der Waals surface area contributed by atoms with E-state index in [-0.39, 0.29) is 52.4 Å². The Morgan fingerprint density at radius 2 is 1.86 bits per heavy atom. The Bertz CT molecular complexity index is 1510. The minimum absolute atomic E-state index is 0.1000. The molecule has 5 rings (SSSR count). The SMILES string of the molecule is COc1ccc(F)cc1C(=O)NCc1ccc(-c2nn(C[C@@H]3CCN(C(=O)C4CC(C)(C)C4)C3)c(N)c2C(N)=O)cc1. The molecule has 0 spiro atoms.